The second-order valence-electron chi connectivity index (χ2n) is 5.24. The van der Waals surface area contributed by atoms with E-state index in [1.54, 1.807) is 6.92 Å². The number of hydrogen-bond donors (Lipinski definition) is 3. The normalized spacial score (nSPS) is 10.5. The summed E-state index contributed by atoms with van der Waals surface area (Å²) in [6, 6.07) is 7.06. The number of nitrogens with one attached hydrogen (secondary N) is 2. The highest BCUT2D eigenvalue weighted by Gasteiger charge is 2.20. The molecule has 0 aliphatic carbocycles. The van der Waals surface area contributed by atoms with Gasteiger partial charge in [0.2, 0.25) is 5.75 Å². The van der Waals surface area contributed by atoms with Gasteiger partial charge in [-0.15, -0.1) is 0 Å². The topological polar surface area (TPSA) is 143 Å². The van der Waals surface area contributed by atoms with Gasteiger partial charge in [-0.05, 0) is 37.3 Å². The van der Waals surface area contributed by atoms with E-state index in [9.17, 15) is 29.2 Å². The molecule has 2 amide bonds. The SMILES string of the molecule is CCOc1cc(/C=N\NC(=O)C(=O)Nc2ccc(F)cc2)cc([N+](=O)[O-])c1O. The van der Waals surface area contributed by atoms with E-state index in [0.717, 1.165) is 24.4 Å². The third-order valence-electron chi connectivity index (χ3n) is 3.26. The minimum absolute atomic E-state index is 0.126. The van der Waals surface area contributed by atoms with Crippen LogP contribution in [-0.4, -0.2) is 34.7 Å². The number of aromatic hydroxyl groups is 1. The Hall–Kier alpha value is -4.02. The zero-order chi connectivity index (χ0) is 20.7. The molecule has 2 rings (SSSR count). The summed E-state index contributed by atoms with van der Waals surface area (Å²) in [5, 5.41) is 26.6. The summed E-state index contributed by atoms with van der Waals surface area (Å²) in [7, 11) is 0. The molecule has 0 spiro atoms. The Balaban J connectivity index is 2.06. The minimum Gasteiger partial charge on any atom is -0.500 e. The van der Waals surface area contributed by atoms with Gasteiger partial charge in [-0.1, -0.05) is 0 Å². The van der Waals surface area contributed by atoms with Crippen molar-refractivity contribution in [3.8, 4) is 11.5 Å². The number of phenolic OH excluding ortho intramolecular Hbond substituents is 1. The van der Waals surface area contributed by atoms with Gasteiger partial charge in [-0.2, -0.15) is 5.10 Å². The molecule has 0 aliphatic heterocycles. The third-order valence-corrected chi connectivity index (χ3v) is 3.26. The molecule has 0 saturated carbocycles. The number of phenols is 1. The first-order valence-electron chi connectivity index (χ1n) is 7.86. The Morgan fingerprint density at radius 3 is 2.57 bits per heavy atom. The number of hydrazone groups is 1. The first-order valence-corrected chi connectivity index (χ1v) is 7.86. The smallest absolute Gasteiger partial charge is 0.329 e. The van der Waals surface area contributed by atoms with Gasteiger partial charge in [0.15, 0.2) is 5.75 Å². The summed E-state index contributed by atoms with van der Waals surface area (Å²) in [5.74, 6) is -3.42. The van der Waals surface area contributed by atoms with Crippen LogP contribution in [0.25, 0.3) is 0 Å². The molecule has 2 aromatic rings. The predicted octanol–water partition coefficient (Wildman–Crippen LogP) is 1.93. The number of nitro benzene ring substituents is 1. The van der Waals surface area contributed by atoms with Crippen LogP contribution < -0.4 is 15.5 Å². The fourth-order valence-electron chi connectivity index (χ4n) is 2.03. The third kappa shape index (κ3) is 5.24. The maximum Gasteiger partial charge on any atom is 0.329 e. The number of carbonyl (C=O) groups is 2. The molecule has 0 bridgehead atoms. The number of hydrogen-bond acceptors (Lipinski definition) is 7. The Bertz CT molecular complexity index is 930. The van der Waals surface area contributed by atoms with E-state index in [2.05, 4.69) is 10.4 Å². The van der Waals surface area contributed by atoms with Gasteiger partial charge >= 0.3 is 17.5 Å². The molecule has 11 heteroatoms. The van der Waals surface area contributed by atoms with Gasteiger partial charge in [0.05, 0.1) is 17.7 Å². The molecule has 28 heavy (non-hydrogen) atoms. The highest BCUT2D eigenvalue weighted by Crippen LogP contribution is 2.36. The Morgan fingerprint density at radius 1 is 1.29 bits per heavy atom. The van der Waals surface area contributed by atoms with Gasteiger partial charge in [-0.3, -0.25) is 19.7 Å². The van der Waals surface area contributed by atoms with Crippen LogP contribution in [0.3, 0.4) is 0 Å². The average molecular weight is 390 g/mol. The van der Waals surface area contributed by atoms with E-state index >= 15 is 0 Å². The summed E-state index contributed by atoms with van der Waals surface area (Å²) in [6.45, 7) is 1.79. The monoisotopic (exact) mass is 390 g/mol. The molecular weight excluding hydrogens is 375 g/mol. The van der Waals surface area contributed by atoms with Gasteiger partial charge in [0.1, 0.15) is 5.82 Å². The van der Waals surface area contributed by atoms with Crippen LogP contribution in [0, 0.1) is 15.9 Å². The van der Waals surface area contributed by atoms with Crippen LogP contribution in [-0.2, 0) is 9.59 Å². The van der Waals surface area contributed by atoms with E-state index in [0.29, 0.717) is 0 Å². The number of nitro groups is 1. The first-order chi connectivity index (χ1) is 13.3. The lowest BCUT2D eigenvalue weighted by Crippen LogP contribution is -2.32. The first kappa shape index (κ1) is 20.3. The number of rotatable bonds is 6. The van der Waals surface area contributed by atoms with Crippen LogP contribution in [0.4, 0.5) is 15.8 Å². The molecule has 0 fully saturated rings. The summed E-state index contributed by atoms with van der Waals surface area (Å²) >= 11 is 0. The lowest BCUT2D eigenvalue weighted by molar-refractivity contribution is -0.386. The highest BCUT2D eigenvalue weighted by atomic mass is 19.1. The average Bonchev–Trinajstić information content (AvgIpc) is 2.65. The summed E-state index contributed by atoms with van der Waals surface area (Å²) in [6.07, 6.45) is 1.04. The Morgan fingerprint density at radius 2 is 1.96 bits per heavy atom. The molecule has 2 aromatic carbocycles. The summed E-state index contributed by atoms with van der Waals surface area (Å²) in [5.41, 5.74) is 1.70. The molecule has 10 nitrogen and oxygen atoms in total. The van der Waals surface area contributed by atoms with Crippen LogP contribution in [0.2, 0.25) is 0 Å². The van der Waals surface area contributed by atoms with E-state index in [4.69, 9.17) is 4.74 Å². The fraction of sp³-hybridized carbons (Fsp3) is 0.118. The molecule has 0 saturated heterocycles. The van der Waals surface area contributed by atoms with Crippen LogP contribution in [0.5, 0.6) is 11.5 Å². The summed E-state index contributed by atoms with van der Waals surface area (Å²) in [4.78, 5) is 33.6. The molecule has 0 aromatic heterocycles. The highest BCUT2D eigenvalue weighted by molar-refractivity contribution is 6.39. The molecular formula is C17H15FN4O6. The minimum atomic E-state index is -1.11. The number of nitrogens with zero attached hydrogens (tertiary/aromatic N) is 2. The molecule has 3 N–H and O–H groups in total. The van der Waals surface area contributed by atoms with E-state index < -0.39 is 34.0 Å². The summed E-state index contributed by atoms with van der Waals surface area (Å²) < 4.78 is 17.9. The van der Waals surface area contributed by atoms with Crippen molar-refractivity contribution >= 4 is 29.4 Å². The van der Waals surface area contributed by atoms with Crippen LogP contribution in [0.1, 0.15) is 12.5 Å². The van der Waals surface area contributed by atoms with Gasteiger partial charge < -0.3 is 15.2 Å². The Kier molecular flexibility index (Phi) is 6.58. The predicted molar refractivity (Wildman–Crippen MR) is 96.7 cm³/mol. The lowest BCUT2D eigenvalue weighted by atomic mass is 10.2. The maximum absolute atomic E-state index is 12.8. The maximum atomic E-state index is 12.8. The van der Waals surface area contributed by atoms with Crippen molar-refractivity contribution in [2.45, 2.75) is 6.92 Å². The second-order valence-corrected chi connectivity index (χ2v) is 5.24. The molecule has 0 aliphatic rings. The molecule has 146 valence electrons. The molecule has 0 radical (unpaired) electrons. The quantitative estimate of drug-likeness (QED) is 0.298. The zero-order valence-corrected chi connectivity index (χ0v) is 14.5. The number of benzene rings is 2. The van der Waals surface area contributed by atoms with Gasteiger partial charge in [0, 0.05) is 17.3 Å². The number of carbonyl (C=O) groups excluding carboxylic acids is 2. The molecule has 0 heterocycles. The number of amides is 2. The largest absolute Gasteiger partial charge is 0.500 e. The van der Waals surface area contributed by atoms with Crippen LogP contribution >= 0.6 is 0 Å². The van der Waals surface area contributed by atoms with Gasteiger partial charge in [-0.25, -0.2) is 9.82 Å². The number of halogens is 1. The fourth-order valence-corrected chi connectivity index (χ4v) is 2.03. The van der Waals surface area contributed by atoms with Crippen molar-refractivity contribution in [2.75, 3.05) is 11.9 Å². The lowest BCUT2D eigenvalue weighted by Gasteiger charge is -2.07. The van der Waals surface area contributed by atoms with Crippen molar-refractivity contribution in [1.82, 2.24) is 5.43 Å². The van der Waals surface area contributed by atoms with Crippen molar-refractivity contribution in [2.24, 2.45) is 5.10 Å². The van der Waals surface area contributed by atoms with E-state index in [-0.39, 0.29) is 23.6 Å². The van der Waals surface area contributed by atoms with Crippen LogP contribution in [0.15, 0.2) is 41.5 Å². The molecule has 0 atom stereocenters. The second kappa shape index (κ2) is 9.07. The van der Waals surface area contributed by atoms with E-state index in [1.807, 2.05) is 5.43 Å². The van der Waals surface area contributed by atoms with Crippen molar-refractivity contribution in [1.29, 1.82) is 0 Å². The standard InChI is InChI=1S/C17H15FN4O6/c1-2-28-14-8-10(7-13(15(14)23)22(26)27)9-19-21-17(25)16(24)20-12-5-3-11(18)4-6-12/h3-9,23H,2H2,1H3,(H,20,24)(H,21,25)/b19-9-. The molecule has 0 unspecified atom stereocenters. The van der Waals surface area contributed by atoms with Gasteiger partial charge in [0.25, 0.3) is 0 Å². The zero-order valence-electron chi connectivity index (χ0n) is 14.5. The number of anilines is 1. The van der Waals surface area contributed by atoms with Crippen molar-refractivity contribution in [3.05, 3.63) is 57.9 Å². The van der Waals surface area contributed by atoms with Crippen molar-refractivity contribution < 1.29 is 28.7 Å². The number of ether oxygens (including phenoxy) is 1. The van der Waals surface area contributed by atoms with E-state index in [1.165, 1.54) is 18.2 Å². The Labute approximate surface area is 157 Å². The van der Waals surface area contributed by atoms with Crippen molar-refractivity contribution in [3.63, 3.8) is 0 Å².